The van der Waals surface area contributed by atoms with Gasteiger partial charge in [0.05, 0.1) is 6.61 Å². The number of H-pyrrole nitrogens is 1. The van der Waals surface area contributed by atoms with E-state index in [9.17, 15) is 34.5 Å². The zero-order valence-corrected chi connectivity index (χ0v) is 12.7. The third-order valence-electron chi connectivity index (χ3n) is 3.78. The molecule has 4 atom stereocenters. The average molecular weight is 363 g/mol. The number of imidazole rings is 1. The fraction of sp³-hybridized carbons (Fsp3) is 0.500. The molecular formula is C10H14N5O8P. The minimum Gasteiger partial charge on any atom is -0.394 e. The van der Waals surface area contributed by atoms with Gasteiger partial charge in [-0.2, -0.15) is 4.98 Å². The maximum absolute atomic E-state index is 12.1. The third kappa shape index (κ3) is 2.11. The number of aliphatic hydroxyl groups excluding tert-OH is 3. The topological polar surface area (TPSA) is 217 Å². The van der Waals surface area contributed by atoms with Crippen molar-refractivity contribution in [3.05, 3.63) is 16.7 Å². The first kappa shape index (κ1) is 17.0. The van der Waals surface area contributed by atoms with Crippen molar-refractivity contribution in [2.24, 2.45) is 0 Å². The zero-order valence-electron chi connectivity index (χ0n) is 11.8. The van der Waals surface area contributed by atoms with Crippen LogP contribution < -0.4 is 11.3 Å². The van der Waals surface area contributed by atoms with Gasteiger partial charge >= 0.3 is 7.60 Å². The summed E-state index contributed by atoms with van der Waals surface area (Å²) in [5, 5.41) is 29.3. The summed E-state index contributed by atoms with van der Waals surface area (Å²) in [7, 11) is -5.33. The number of nitrogens with two attached hydrogens (primary N) is 1. The molecule has 132 valence electrons. The van der Waals surface area contributed by atoms with Crippen molar-refractivity contribution < 1.29 is 34.4 Å². The molecule has 0 bridgehead atoms. The van der Waals surface area contributed by atoms with E-state index < -0.39 is 43.5 Å². The fourth-order valence-corrected chi connectivity index (χ4v) is 3.87. The first-order valence-electron chi connectivity index (χ1n) is 6.57. The lowest BCUT2D eigenvalue weighted by molar-refractivity contribution is -0.0985. The Balaban J connectivity index is 2.34. The Morgan fingerprint density at radius 2 is 2.12 bits per heavy atom. The normalized spacial score (nSPS) is 31.0. The summed E-state index contributed by atoms with van der Waals surface area (Å²) in [4.78, 5) is 41.0. The maximum Gasteiger partial charge on any atom is 0.381 e. The number of rotatable bonds is 3. The second-order valence-corrected chi connectivity index (χ2v) is 6.94. The SMILES string of the molecule is Nc1nc2c(ncn2[C@]2(P(=O)(O)O)O[C@H](CO)[C@@H](O)[C@H]2O)c(=O)[nH]1. The van der Waals surface area contributed by atoms with Crippen LogP contribution in [0, 0.1) is 0 Å². The second kappa shape index (κ2) is 5.32. The number of hydrogen-bond donors (Lipinski definition) is 7. The molecule has 1 aliphatic heterocycles. The Bertz CT molecular complexity index is 891. The number of nitrogens with one attached hydrogen (secondary N) is 1. The van der Waals surface area contributed by atoms with Gasteiger partial charge in [-0.15, -0.1) is 0 Å². The fourth-order valence-electron chi connectivity index (χ4n) is 2.67. The van der Waals surface area contributed by atoms with Crippen LogP contribution >= 0.6 is 7.60 Å². The molecule has 0 spiro atoms. The van der Waals surface area contributed by atoms with Gasteiger partial charge in [0.2, 0.25) is 5.95 Å². The molecule has 2 aromatic rings. The smallest absolute Gasteiger partial charge is 0.381 e. The van der Waals surface area contributed by atoms with E-state index in [2.05, 4.69) is 15.0 Å². The molecule has 0 unspecified atom stereocenters. The molecule has 0 amide bonds. The van der Waals surface area contributed by atoms with Crippen LogP contribution in [0.5, 0.6) is 0 Å². The summed E-state index contributed by atoms with van der Waals surface area (Å²) >= 11 is 0. The highest BCUT2D eigenvalue weighted by molar-refractivity contribution is 7.52. The Morgan fingerprint density at radius 3 is 2.67 bits per heavy atom. The lowest BCUT2D eigenvalue weighted by atomic mass is 10.1. The predicted octanol–water partition coefficient (Wildman–Crippen LogP) is -3.40. The number of nitrogen functional groups attached to an aromatic ring is 1. The van der Waals surface area contributed by atoms with Crippen molar-refractivity contribution in [1.29, 1.82) is 0 Å². The number of ether oxygens (including phenoxy) is 1. The van der Waals surface area contributed by atoms with Crippen LogP contribution in [-0.2, 0) is 14.8 Å². The first-order valence-corrected chi connectivity index (χ1v) is 8.18. The molecule has 0 radical (unpaired) electrons. The van der Waals surface area contributed by atoms with Crippen LogP contribution in [0.15, 0.2) is 11.1 Å². The Hall–Kier alpha value is -1.86. The number of aromatic amines is 1. The van der Waals surface area contributed by atoms with Crippen LogP contribution in [0.4, 0.5) is 5.95 Å². The third-order valence-corrected chi connectivity index (χ3v) is 5.20. The minimum atomic E-state index is -5.33. The highest BCUT2D eigenvalue weighted by Gasteiger charge is 2.66. The number of aliphatic hydroxyl groups is 3. The Morgan fingerprint density at radius 1 is 1.46 bits per heavy atom. The summed E-state index contributed by atoms with van der Waals surface area (Å²) in [5.74, 6) is -0.359. The molecule has 1 fully saturated rings. The molecule has 2 aromatic heterocycles. The van der Waals surface area contributed by atoms with Crippen molar-refractivity contribution in [3.8, 4) is 0 Å². The van der Waals surface area contributed by atoms with Crippen LogP contribution in [0.2, 0.25) is 0 Å². The maximum atomic E-state index is 12.1. The molecule has 3 heterocycles. The monoisotopic (exact) mass is 363 g/mol. The van der Waals surface area contributed by atoms with Gasteiger partial charge in [-0.1, -0.05) is 0 Å². The summed E-state index contributed by atoms with van der Waals surface area (Å²) in [5.41, 5.74) is 1.14. The van der Waals surface area contributed by atoms with Crippen LogP contribution in [-0.4, -0.2) is 69.5 Å². The Kier molecular flexibility index (Phi) is 3.77. The molecule has 0 saturated carbocycles. The van der Waals surface area contributed by atoms with Gasteiger partial charge in [0.25, 0.3) is 11.0 Å². The molecule has 1 aliphatic rings. The van der Waals surface area contributed by atoms with E-state index in [0.717, 1.165) is 6.33 Å². The number of fused-ring (bicyclic) bond motifs is 1. The molecule has 13 nitrogen and oxygen atoms in total. The predicted molar refractivity (Wildman–Crippen MR) is 76.6 cm³/mol. The molecule has 1 saturated heterocycles. The van der Waals surface area contributed by atoms with Gasteiger partial charge in [0.15, 0.2) is 11.2 Å². The van der Waals surface area contributed by atoms with Crippen LogP contribution in [0.3, 0.4) is 0 Å². The molecular weight excluding hydrogens is 349 g/mol. The molecule has 8 N–H and O–H groups in total. The lowest BCUT2D eigenvalue weighted by Crippen LogP contribution is -2.45. The number of nitrogens with zero attached hydrogens (tertiary/aromatic N) is 3. The van der Waals surface area contributed by atoms with E-state index in [1.165, 1.54) is 0 Å². The van der Waals surface area contributed by atoms with Crippen molar-refractivity contribution in [3.63, 3.8) is 0 Å². The van der Waals surface area contributed by atoms with Crippen LogP contribution in [0.25, 0.3) is 11.2 Å². The molecule has 3 rings (SSSR count). The minimum absolute atomic E-state index is 0.310. The van der Waals surface area contributed by atoms with Crippen molar-refractivity contribution in [1.82, 2.24) is 19.5 Å². The van der Waals surface area contributed by atoms with E-state index in [-0.39, 0.29) is 17.1 Å². The lowest BCUT2D eigenvalue weighted by Gasteiger charge is -2.33. The standard InChI is InChI=1S/C10H14N5O8P/c11-9-13-7-4(8(19)14-9)12-2-15(7)10(24(20,21)22)6(18)5(17)3(1-16)23-10/h2-3,5-6,16-18H,1H2,(H2,20,21,22)(H3,11,13,14,19)/t3-,5-,6-,10+/m1/s1. The second-order valence-electron chi connectivity index (χ2n) is 5.21. The summed E-state index contributed by atoms with van der Waals surface area (Å²) in [6.07, 6.45) is -4.61. The largest absolute Gasteiger partial charge is 0.394 e. The van der Waals surface area contributed by atoms with Gasteiger partial charge < -0.3 is 35.6 Å². The van der Waals surface area contributed by atoms with E-state index >= 15 is 0 Å². The van der Waals surface area contributed by atoms with Gasteiger partial charge in [-0.05, 0) is 0 Å². The summed E-state index contributed by atoms with van der Waals surface area (Å²) in [6, 6.07) is 0. The molecule has 0 aromatic carbocycles. The van der Waals surface area contributed by atoms with Crippen molar-refractivity contribution in [2.75, 3.05) is 12.3 Å². The summed E-state index contributed by atoms with van der Waals surface area (Å²) in [6.45, 7) is -0.817. The molecule has 0 aliphatic carbocycles. The molecule has 14 heteroatoms. The number of hydrogen-bond acceptors (Lipinski definition) is 9. The quantitative estimate of drug-likeness (QED) is 0.267. The van der Waals surface area contributed by atoms with E-state index in [0.29, 0.717) is 4.57 Å². The summed E-state index contributed by atoms with van der Waals surface area (Å²) < 4.78 is 17.9. The van der Waals surface area contributed by atoms with E-state index in [1.807, 2.05) is 0 Å². The van der Waals surface area contributed by atoms with Gasteiger partial charge in [-0.3, -0.25) is 18.9 Å². The first-order chi connectivity index (χ1) is 11.1. The number of anilines is 1. The number of aromatic nitrogens is 4. The van der Waals surface area contributed by atoms with Gasteiger partial charge in [0, 0.05) is 0 Å². The Labute approximate surface area is 132 Å². The van der Waals surface area contributed by atoms with Crippen molar-refractivity contribution in [2.45, 2.75) is 23.8 Å². The molecule has 24 heavy (non-hydrogen) atoms. The highest BCUT2D eigenvalue weighted by Crippen LogP contribution is 2.61. The van der Waals surface area contributed by atoms with Crippen molar-refractivity contribution >= 4 is 24.7 Å². The van der Waals surface area contributed by atoms with Gasteiger partial charge in [-0.25, -0.2) is 4.98 Å². The highest BCUT2D eigenvalue weighted by atomic mass is 31.2. The van der Waals surface area contributed by atoms with Crippen LogP contribution in [0.1, 0.15) is 0 Å². The average Bonchev–Trinajstić information content (AvgIpc) is 3.00. The van der Waals surface area contributed by atoms with E-state index in [4.69, 9.17) is 10.5 Å². The van der Waals surface area contributed by atoms with E-state index in [1.54, 1.807) is 0 Å². The zero-order chi connectivity index (χ0) is 17.9. The van der Waals surface area contributed by atoms with Gasteiger partial charge in [0.1, 0.15) is 24.6 Å².